The molecule has 154 valence electrons. The molecule has 0 bridgehead atoms. The average Bonchev–Trinajstić information content (AvgIpc) is 2.78. The fourth-order valence-corrected chi connectivity index (χ4v) is 3.67. The second-order valence-electron chi connectivity index (χ2n) is 7.65. The van der Waals surface area contributed by atoms with Gasteiger partial charge in [0.15, 0.2) is 0 Å². The molecule has 0 aliphatic heterocycles. The Kier molecular flexibility index (Phi) is 5.50. The lowest BCUT2D eigenvalue weighted by Gasteiger charge is -2.17. The SMILES string of the molecule is CC(C)c1cccc(-c2ccccc2)c1C(=O)Nc1ccc2cc(C(=O)O)ccc2n1. The highest BCUT2D eigenvalue weighted by Crippen LogP contribution is 2.31. The summed E-state index contributed by atoms with van der Waals surface area (Å²) in [7, 11) is 0. The van der Waals surface area contributed by atoms with Gasteiger partial charge in [0.1, 0.15) is 5.82 Å². The molecule has 4 aromatic rings. The Morgan fingerprint density at radius 1 is 0.903 bits per heavy atom. The van der Waals surface area contributed by atoms with Crippen molar-refractivity contribution < 1.29 is 14.7 Å². The molecule has 0 saturated heterocycles. The van der Waals surface area contributed by atoms with Crippen LogP contribution in [0.15, 0.2) is 78.9 Å². The molecule has 5 heteroatoms. The second kappa shape index (κ2) is 8.40. The third-order valence-corrected chi connectivity index (χ3v) is 5.21. The van der Waals surface area contributed by atoms with Crippen LogP contribution in [0.3, 0.4) is 0 Å². The second-order valence-corrected chi connectivity index (χ2v) is 7.65. The number of pyridine rings is 1. The van der Waals surface area contributed by atoms with E-state index in [4.69, 9.17) is 5.11 Å². The number of nitrogens with one attached hydrogen (secondary N) is 1. The minimum absolute atomic E-state index is 0.170. The van der Waals surface area contributed by atoms with Crippen LogP contribution in [0.5, 0.6) is 0 Å². The summed E-state index contributed by atoms with van der Waals surface area (Å²) < 4.78 is 0. The van der Waals surface area contributed by atoms with Crippen LogP contribution in [0.25, 0.3) is 22.0 Å². The van der Waals surface area contributed by atoms with E-state index in [-0.39, 0.29) is 17.4 Å². The molecule has 0 fully saturated rings. The lowest BCUT2D eigenvalue weighted by atomic mass is 9.89. The number of hydrogen-bond donors (Lipinski definition) is 2. The van der Waals surface area contributed by atoms with Gasteiger partial charge in [-0.15, -0.1) is 0 Å². The summed E-state index contributed by atoms with van der Waals surface area (Å²) in [6.07, 6.45) is 0. The fourth-order valence-electron chi connectivity index (χ4n) is 3.67. The first-order valence-electron chi connectivity index (χ1n) is 10.1. The molecule has 4 rings (SSSR count). The molecule has 0 unspecified atom stereocenters. The van der Waals surface area contributed by atoms with Gasteiger partial charge in [-0.05, 0) is 52.9 Å². The molecular formula is C26H22N2O3. The number of nitrogens with zero attached hydrogens (tertiary/aromatic N) is 1. The van der Waals surface area contributed by atoms with Gasteiger partial charge in [0.25, 0.3) is 5.91 Å². The van der Waals surface area contributed by atoms with Crippen LogP contribution in [0, 0.1) is 0 Å². The molecule has 31 heavy (non-hydrogen) atoms. The van der Waals surface area contributed by atoms with Crippen molar-refractivity contribution in [2.75, 3.05) is 5.32 Å². The van der Waals surface area contributed by atoms with Crippen molar-refractivity contribution in [2.45, 2.75) is 19.8 Å². The highest BCUT2D eigenvalue weighted by atomic mass is 16.4. The van der Waals surface area contributed by atoms with E-state index in [0.717, 1.165) is 16.7 Å². The van der Waals surface area contributed by atoms with E-state index in [1.807, 2.05) is 48.5 Å². The first-order chi connectivity index (χ1) is 14.9. The van der Waals surface area contributed by atoms with Gasteiger partial charge in [0.2, 0.25) is 0 Å². The predicted molar refractivity (Wildman–Crippen MR) is 123 cm³/mol. The monoisotopic (exact) mass is 410 g/mol. The van der Waals surface area contributed by atoms with Crippen molar-refractivity contribution in [3.05, 3.63) is 95.6 Å². The number of carboxylic acid groups (broad SMARTS) is 1. The van der Waals surface area contributed by atoms with Gasteiger partial charge in [0, 0.05) is 5.39 Å². The molecule has 2 N–H and O–H groups in total. The number of aromatic carboxylic acids is 1. The maximum Gasteiger partial charge on any atom is 0.335 e. The normalized spacial score (nSPS) is 10.9. The number of carbonyl (C=O) groups is 2. The van der Waals surface area contributed by atoms with Gasteiger partial charge in [-0.1, -0.05) is 62.4 Å². The Morgan fingerprint density at radius 2 is 1.68 bits per heavy atom. The zero-order valence-corrected chi connectivity index (χ0v) is 17.3. The molecule has 0 saturated carbocycles. The maximum absolute atomic E-state index is 13.4. The molecule has 1 heterocycles. The maximum atomic E-state index is 13.4. The van der Waals surface area contributed by atoms with E-state index in [0.29, 0.717) is 22.3 Å². The lowest BCUT2D eigenvalue weighted by molar-refractivity contribution is 0.0697. The molecule has 0 aliphatic carbocycles. The minimum atomic E-state index is -0.988. The summed E-state index contributed by atoms with van der Waals surface area (Å²) >= 11 is 0. The number of carboxylic acids is 1. The van der Waals surface area contributed by atoms with E-state index in [2.05, 4.69) is 24.1 Å². The van der Waals surface area contributed by atoms with Crippen molar-refractivity contribution in [1.82, 2.24) is 4.98 Å². The summed E-state index contributed by atoms with van der Waals surface area (Å²) in [5.74, 6) is -0.628. The number of amides is 1. The van der Waals surface area contributed by atoms with Gasteiger partial charge in [-0.3, -0.25) is 4.79 Å². The quantitative estimate of drug-likeness (QED) is 0.424. The van der Waals surface area contributed by atoms with E-state index in [1.165, 1.54) is 6.07 Å². The van der Waals surface area contributed by atoms with Crippen molar-refractivity contribution in [1.29, 1.82) is 0 Å². The van der Waals surface area contributed by atoms with Crippen LogP contribution in [0.1, 0.15) is 46.0 Å². The van der Waals surface area contributed by atoms with E-state index in [1.54, 1.807) is 24.3 Å². The Morgan fingerprint density at radius 3 is 2.39 bits per heavy atom. The highest BCUT2D eigenvalue weighted by Gasteiger charge is 2.20. The molecule has 3 aromatic carbocycles. The summed E-state index contributed by atoms with van der Waals surface area (Å²) in [6.45, 7) is 4.13. The molecule has 1 aromatic heterocycles. The van der Waals surface area contributed by atoms with Gasteiger partial charge >= 0.3 is 5.97 Å². The minimum Gasteiger partial charge on any atom is -0.478 e. The lowest BCUT2D eigenvalue weighted by Crippen LogP contribution is -2.17. The molecule has 0 radical (unpaired) electrons. The summed E-state index contributed by atoms with van der Waals surface area (Å²) in [5.41, 5.74) is 4.25. The largest absolute Gasteiger partial charge is 0.478 e. The van der Waals surface area contributed by atoms with E-state index < -0.39 is 5.97 Å². The van der Waals surface area contributed by atoms with E-state index >= 15 is 0 Å². The number of fused-ring (bicyclic) bond motifs is 1. The Balaban J connectivity index is 1.73. The van der Waals surface area contributed by atoms with Gasteiger partial charge in [-0.2, -0.15) is 0 Å². The molecule has 0 aliphatic rings. The average molecular weight is 410 g/mol. The molecule has 0 spiro atoms. The number of rotatable bonds is 5. The number of anilines is 1. The van der Waals surface area contributed by atoms with E-state index in [9.17, 15) is 9.59 Å². The Bertz CT molecular complexity index is 1280. The number of carbonyl (C=O) groups excluding carboxylic acids is 1. The number of aromatic nitrogens is 1. The topological polar surface area (TPSA) is 79.3 Å². The zero-order valence-electron chi connectivity index (χ0n) is 17.3. The van der Waals surface area contributed by atoms with Gasteiger partial charge in [0.05, 0.1) is 16.6 Å². The third kappa shape index (κ3) is 4.16. The molecule has 1 amide bonds. The van der Waals surface area contributed by atoms with Crippen molar-refractivity contribution >= 4 is 28.6 Å². The highest BCUT2D eigenvalue weighted by molar-refractivity contribution is 6.10. The van der Waals surface area contributed by atoms with Crippen LogP contribution in [-0.2, 0) is 0 Å². The van der Waals surface area contributed by atoms with Crippen LogP contribution in [0.4, 0.5) is 5.82 Å². The summed E-state index contributed by atoms with van der Waals surface area (Å²) in [6, 6.07) is 23.9. The van der Waals surface area contributed by atoms with Crippen LogP contribution in [0.2, 0.25) is 0 Å². The molecule has 0 atom stereocenters. The van der Waals surface area contributed by atoms with Gasteiger partial charge < -0.3 is 10.4 Å². The van der Waals surface area contributed by atoms with Crippen LogP contribution in [-0.4, -0.2) is 22.0 Å². The van der Waals surface area contributed by atoms with Crippen LogP contribution >= 0.6 is 0 Å². The molecule has 5 nitrogen and oxygen atoms in total. The molecular weight excluding hydrogens is 388 g/mol. The fraction of sp³-hybridized carbons (Fsp3) is 0.115. The van der Waals surface area contributed by atoms with Crippen molar-refractivity contribution in [2.24, 2.45) is 0 Å². The first-order valence-corrected chi connectivity index (χ1v) is 10.1. The van der Waals surface area contributed by atoms with Crippen molar-refractivity contribution in [3.8, 4) is 11.1 Å². The summed E-state index contributed by atoms with van der Waals surface area (Å²) in [4.78, 5) is 29.0. The Labute approximate surface area is 180 Å². The summed E-state index contributed by atoms with van der Waals surface area (Å²) in [5, 5.41) is 12.8. The van der Waals surface area contributed by atoms with Crippen molar-refractivity contribution in [3.63, 3.8) is 0 Å². The van der Waals surface area contributed by atoms with Gasteiger partial charge in [-0.25, -0.2) is 9.78 Å². The third-order valence-electron chi connectivity index (χ3n) is 5.21. The predicted octanol–water partition coefficient (Wildman–Crippen LogP) is 5.98. The van der Waals surface area contributed by atoms with Crippen LogP contribution < -0.4 is 5.32 Å². The number of benzene rings is 3. The number of hydrogen-bond acceptors (Lipinski definition) is 3. The first kappa shape index (κ1) is 20.3. The Hall–Kier alpha value is -3.99. The zero-order chi connectivity index (χ0) is 22.0. The standard InChI is InChI=1S/C26H22N2O3/c1-16(2)20-9-6-10-21(17-7-4-3-5-8-17)24(20)25(29)28-23-14-12-18-15-19(26(30)31)11-13-22(18)27-23/h3-16H,1-2H3,(H,30,31)(H,27,28,29). The smallest absolute Gasteiger partial charge is 0.335 e.